The van der Waals surface area contributed by atoms with Crippen molar-refractivity contribution in [1.82, 2.24) is 0 Å². The van der Waals surface area contributed by atoms with Crippen LogP contribution in [0.2, 0.25) is 0 Å². The largest absolute Gasteiger partial charge is 0.505 e. The minimum atomic E-state index is -0.674. The average molecular weight is 240 g/mol. The fourth-order valence-corrected chi connectivity index (χ4v) is 1.39. The van der Waals surface area contributed by atoms with Gasteiger partial charge in [-0.1, -0.05) is 12.1 Å². The molecule has 0 aliphatic carbocycles. The first-order valence-electron chi connectivity index (χ1n) is 5.48. The first-order chi connectivity index (χ1) is 7.79. The Morgan fingerprint density at radius 3 is 2.65 bits per heavy atom. The molecule has 0 unspecified atom stereocenters. The second kappa shape index (κ2) is 5.17. The predicted molar refractivity (Wildman–Crippen MR) is 62.2 cm³/mol. The number of halogens is 1. The maximum atomic E-state index is 13.0. The smallest absolute Gasteiger partial charge is 0.306 e. The first-order valence-corrected chi connectivity index (χ1v) is 5.48. The van der Waals surface area contributed by atoms with Gasteiger partial charge < -0.3 is 9.84 Å². The molecule has 0 bridgehead atoms. The minimum absolute atomic E-state index is 0.119. The van der Waals surface area contributed by atoms with Gasteiger partial charge in [-0.05, 0) is 38.8 Å². The highest BCUT2D eigenvalue weighted by molar-refractivity contribution is 5.70. The van der Waals surface area contributed by atoms with Crippen molar-refractivity contribution in [3.8, 4) is 5.75 Å². The minimum Gasteiger partial charge on any atom is -0.505 e. The summed E-state index contributed by atoms with van der Waals surface area (Å²) in [4.78, 5) is 11.4. The van der Waals surface area contributed by atoms with E-state index in [0.29, 0.717) is 5.56 Å². The number of ether oxygens (including phenoxy) is 1. The molecule has 0 saturated heterocycles. The summed E-state index contributed by atoms with van der Waals surface area (Å²) in [5.41, 5.74) is -0.114. The lowest BCUT2D eigenvalue weighted by atomic mass is 10.1. The van der Waals surface area contributed by atoms with Crippen LogP contribution in [0.1, 0.15) is 32.8 Å². The van der Waals surface area contributed by atoms with Gasteiger partial charge in [0.15, 0.2) is 11.6 Å². The van der Waals surface area contributed by atoms with Crippen LogP contribution in [0.15, 0.2) is 18.2 Å². The number of carbonyl (C=O) groups is 1. The molecule has 1 aromatic rings. The van der Waals surface area contributed by atoms with Gasteiger partial charge in [0.1, 0.15) is 5.60 Å². The summed E-state index contributed by atoms with van der Waals surface area (Å²) < 4.78 is 18.1. The summed E-state index contributed by atoms with van der Waals surface area (Å²) in [6, 6.07) is 4.26. The zero-order chi connectivity index (χ0) is 13.1. The third-order valence-corrected chi connectivity index (χ3v) is 2.09. The predicted octanol–water partition coefficient (Wildman–Crippen LogP) is 2.81. The molecular formula is C13H17FO3. The summed E-state index contributed by atoms with van der Waals surface area (Å²) >= 11 is 0. The van der Waals surface area contributed by atoms with E-state index in [4.69, 9.17) is 4.74 Å². The van der Waals surface area contributed by atoms with Crippen LogP contribution in [0.25, 0.3) is 0 Å². The summed E-state index contributed by atoms with van der Waals surface area (Å²) in [5.74, 6) is -1.43. The van der Waals surface area contributed by atoms with Crippen LogP contribution in [-0.2, 0) is 16.0 Å². The number of carbonyl (C=O) groups excluding carboxylic acids is 1. The van der Waals surface area contributed by atoms with Crippen LogP contribution >= 0.6 is 0 Å². The fraction of sp³-hybridized carbons (Fsp3) is 0.462. The lowest BCUT2D eigenvalue weighted by Gasteiger charge is -2.19. The fourth-order valence-electron chi connectivity index (χ4n) is 1.39. The van der Waals surface area contributed by atoms with E-state index in [1.54, 1.807) is 26.8 Å². The van der Waals surface area contributed by atoms with E-state index in [0.717, 1.165) is 0 Å². The van der Waals surface area contributed by atoms with Crippen molar-refractivity contribution in [2.75, 3.05) is 0 Å². The molecule has 0 radical (unpaired) electrons. The number of para-hydroxylation sites is 1. The molecule has 0 atom stereocenters. The number of hydrogen-bond donors (Lipinski definition) is 1. The maximum absolute atomic E-state index is 13.0. The maximum Gasteiger partial charge on any atom is 0.306 e. The molecule has 0 aliphatic heterocycles. The lowest BCUT2D eigenvalue weighted by molar-refractivity contribution is -0.154. The van der Waals surface area contributed by atoms with Crippen LogP contribution < -0.4 is 0 Å². The zero-order valence-electron chi connectivity index (χ0n) is 10.3. The number of phenolic OH excluding ortho intramolecular Hbond substituents is 1. The molecule has 0 fully saturated rings. The third-order valence-electron chi connectivity index (χ3n) is 2.09. The molecule has 0 heterocycles. The standard InChI is InChI=1S/C13H17FO3/c1-13(2,3)17-11(15)8-7-9-5-4-6-10(14)12(9)16/h4-6,16H,7-8H2,1-3H3. The zero-order valence-corrected chi connectivity index (χ0v) is 10.3. The normalized spacial score (nSPS) is 11.3. The van der Waals surface area contributed by atoms with Crippen molar-refractivity contribution in [2.45, 2.75) is 39.2 Å². The SMILES string of the molecule is CC(C)(C)OC(=O)CCc1cccc(F)c1O. The van der Waals surface area contributed by atoms with E-state index < -0.39 is 17.2 Å². The Morgan fingerprint density at radius 2 is 2.06 bits per heavy atom. The molecule has 1 aromatic carbocycles. The molecule has 94 valence electrons. The van der Waals surface area contributed by atoms with E-state index in [1.807, 2.05) is 0 Å². The van der Waals surface area contributed by atoms with E-state index in [9.17, 15) is 14.3 Å². The molecule has 1 N–H and O–H groups in total. The lowest BCUT2D eigenvalue weighted by Crippen LogP contribution is -2.24. The summed E-state index contributed by atoms with van der Waals surface area (Å²) in [7, 11) is 0. The highest BCUT2D eigenvalue weighted by Crippen LogP contribution is 2.22. The Morgan fingerprint density at radius 1 is 1.41 bits per heavy atom. The second-order valence-corrected chi connectivity index (χ2v) is 4.83. The highest BCUT2D eigenvalue weighted by atomic mass is 19.1. The monoisotopic (exact) mass is 240 g/mol. The van der Waals surface area contributed by atoms with Crippen LogP contribution in [0, 0.1) is 5.82 Å². The molecular weight excluding hydrogens is 223 g/mol. The molecule has 0 aliphatic rings. The van der Waals surface area contributed by atoms with Crippen molar-refractivity contribution >= 4 is 5.97 Å². The van der Waals surface area contributed by atoms with Gasteiger partial charge in [-0.15, -0.1) is 0 Å². The summed E-state index contributed by atoms with van der Waals surface area (Å²) in [5, 5.41) is 9.42. The van der Waals surface area contributed by atoms with Crippen LogP contribution in [0.3, 0.4) is 0 Å². The van der Waals surface area contributed by atoms with Crippen molar-refractivity contribution in [3.63, 3.8) is 0 Å². The molecule has 1 rings (SSSR count). The Kier molecular flexibility index (Phi) is 4.10. The Bertz CT molecular complexity index is 408. The van der Waals surface area contributed by atoms with Crippen molar-refractivity contribution in [3.05, 3.63) is 29.6 Å². The number of aromatic hydroxyl groups is 1. The third kappa shape index (κ3) is 4.43. The average Bonchev–Trinajstić information content (AvgIpc) is 2.18. The molecule has 0 saturated carbocycles. The quantitative estimate of drug-likeness (QED) is 0.826. The second-order valence-electron chi connectivity index (χ2n) is 4.83. The van der Waals surface area contributed by atoms with Gasteiger partial charge >= 0.3 is 5.97 Å². The molecule has 0 spiro atoms. The van der Waals surface area contributed by atoms with Gasteiger partial charge in [0.25, 0.3) is 0 Å². The summed E-state index contributed by atoms with van der Waals surface area (Å²) in [6.07, 6.45) is 0.382. The molecule has 0 aromatic heterocycles. The topological polar surface area (TPSA) is 46.5 Å². The molecule has 4 heteroatoms. The number of benzene rings is 1. The van der Waals surface area contributed by atoms with Crippen LogP contribution in [0.4, 0.5) is 4.39 Å². The number of phenols is 1. The molecule has 17 heavy (non-hydrogen) atoms. The highest BCUT2D eigenvalue weighted by Gasteiger charge is 2.16. The van der Waals surface area contributed by atoms with Gasteiger partial charge in [0, 0.05) is 6.42 Å². The van der Waals surface area contributed by atoms with Gasteiger partial charge in [-0.3, -0.25) is 4.79 Å². The van der Waals surface area contributed by atoms with Gasteiger partial charge in [0.2, 0.25) is 0 Å². The van der Waals surface area contributed by atoms with Gasteiger partial charge in [-0.25, -0.2) is 4.39 Å². The number of hydrogen-bond acceptors (Lipinski definition) is 3. The van der Waals surface area contributed by atoms with Gasteiger partial charge in [-0.2, -0.15) is 0 Å². The van der Waals surface area contributed by atoms with Crippen LogP contribution in [-0.4, -0.2) is 16.7 Å². The van der Waals surface area contributed by atoms with E-state index in [1.165, 1.54) is 12.1 Å². The van der Waals surface area contributed by atoms with E-state index >= 15 is 0 Å². The Balaban J connectivity index is 2.56. The van der Waals surface area contributed by atoms with E-state index in [2.05, 4.69) is 0 Å². The molecule has 3 nitrogen and oxygen atoms in total. The van der Waals surface area contributed by atoms with Crippen LogP contribution in [0.5, 0.6) is 5.75 Å². The van der Waals surface area contributed by atoms with Crippen molar-refractivity contribution in [1.29, 1.82) is 0 Å². The number of esters is 1. The summed E-state index contributed by atoms with van der Waals surface area (Å²) in [6.45, 7) is 5.35. The number of rotatable bonds is 3. The first kappa shape index (κ1) is 13.5. The molecule has 0 amide bonds. The Labute approximate surface area is 100 Å². The van der Waals surface area contributed by atoms with E-state index in [-0.39, 0.29) is 18.8 Å². The van der Waals surface area contributed by atoms with Gasteiger partial charge in [0.05, 0.1) is 0 Å². The Hall–Kier alpha value is -1.58. The van der Waals surface area contributed by atoms with Crippen molar-refractivity contribution < 1.29 is 19.0 Å². The number of aryl methyl sites for hydroxylation is 1. The van der Waals surface area contributed by atoms with Crippen molar-refractivity contribution in [2.24, 2.45) is 0 Å².